The number of carboxylic acid groups (broad SMARTS) is 1. The number of carbonyl (C=O) groups is 1. The molecule has 0 saturated carbocycles. The van der Waals surface area contributed by atoms with Crippen LogP contribution < -0.4 is 4.74 Å². The highest BCUT2D eigenvalue weighted by atomic mass is 16.5. The number of aromatic nitrogens is 2. The van der Waals surface area contributed by atoms with Crippen LogP contribution in [0.15, 0.2) is 12.4 Å². The molecule has 0 aliphatic rings. The molecule has 0 amide bonds. The summed E-state index contributed by atoms with van der Waals surface area (Å²) in [6.45, 7) is 1.76. The molecule has 1 rings (SSSR count). The molecule has 74 valence electrons. The Morgan fingerprint density at radius 1 is 1.57 bits per heavy atom. The fourth-order valence-corrected chi connectivity index (χ4v) is 0.971. The lowest BCUT2D eigenvalue weighted by atomic mass is 10.2. The van der Waals surface area contributed by atoms with Crippen molar-refractivity contribution in [3.63, 3.8) is 0 Å². The minimum Gasteiger partial charge on any atom is -0.480 e. The van der Waals surface area contributed by atoms with Crippen LogP contribution in [0.5, 0.6) is 5.88 Å². The third-order valence-corrected chi connectivity index (χ3v) is 1.63. The molecule has 0 bridgehead atoms. The van der Waals surface area contributed by atoms with Gasteiger partial charge in [-0.2, -0.15) is 0 Å². The van der Waals surface area contributed by atoms with Crippen molar-refractivity contribution in [3.8, 4) is 5.88 Å². The molecule has 1 aromatic heterocycles. The smallest absolute Gasteiger partial charge is 0.328 e. The van der Waals surface area contributed by atoms with E-state index in [0.717, 1.165) is 6.08 Å². The van der Waals surface area contributed by atoms with Gasteiger partial charge in [-0.1, -0.05) is 0 Å². The Balaban J connectivity index is 3.11. The molecule has 0 radical (unpaired) electrons. The van der Waals surface area contributed by atoms with Crippen LogP contribution in [-0.2, 0) is 4.79 Å². The second kappa shape index (κ2) is 4.36. The number of aryl methyl sites for hydroxylation is 1. The maximum absolute atomic E-state index is 10.3. The molecule has 1 heterocycles. The van der Waals surface area contributed by atoms with Crippen molar-refractivity contribution in [2.24, 2.45) is 0 Å². The lowest BCUT2D eigenvalue weighted by molar-refractivity contribution is -0.131. The zero-order chi connectivity index (χ0) is 10.6. The van der Waals surface area contributed by atoms with Gasteiger partial charge in [0.1, 0.15) is 6.33 Å². The number of rotatable bonds is 3. The third kappa shape index (κ3) is 2.29. The van der Waals surface area contributed by atoms with Crippen molar-refractivity contribution in [1.82, 2.24) is 9.97 Å². The molecule has 14 heavy (non-hydrogen) atoms. The normalized spacial score (nSPS) is 10.4. The number of carboxylic acids is 1. The number of methoxy groups -OCH3 is 1. The summed E-state index contributed by atoms with van der Waals surface area (Å²) in [5.41, 5.74) is 1.26. The van der Waals surface area contributed by atoms with E-state index in [1.807, 2.05) is 0 Å². The largest absolute Gasteiger partial charge is 0.480 e. The first-order valence-electron chi connectivity index (χ1n) is 3.91. The molecule has 1 N–H and O–H groups in total. The zero-order valence-electron chi connectivity index (χ0n) is 7.89. The number of ether oxygens (including phenoxy) is 1. The minimum absolute atomic E-state index is 0.370. The van der Waals surface area contributed by atoms with Crippen LogP contribution in [0.1, 0.15) is 11.3 Å². The highest BCUT2D eigenvalue weighted by Gasteiger charge is 2.05. The van der Waals surface area contributed by atoms with E-state index in [4.69, 9.17) is 9.84 Å². The van der Waals surface area contributed by atoms with E-state index in [-0.39, 0.29) is 0 Å². The van der Waals surface area contributed by atoms with E-state index in [2.05, 4.69) is 9.97 Å². The molecule has 0 fully saturated rings. The second-order valence-corrected chi connectivity index (χ2v) is 2.55. The topological polar surface area (TPSA) is 72.3 Å². The molecule has 5 heteroatoms. The molecule has 0 aromatic carbocycles. The Hall–Kier alpha value is -1.91. The quantitative estimate of drug-likeness (QED) is 0.723. The van der Waals surface area contributed by atoms with E-state index in [1.165, 1.54) is 19.5 Å². The monoisotopic (exact) mass is 194 g/mol. The molecule has 0 aliphatic heterocycles. The summed E-state index contributed by atoms with van der Waals surface area (Å²) in [5.74, 6) is -0.648. The summed E-state index contributed by atoms with van der Waals surface area (Å²) in [6, 6.07) is 0. The molecule has 0 atom stereocenters. The first kappa shape index (κ1) is 10.2. The molecular weight excluding hydrogens is 184 g/mol. The summed E-state index contributed by atoms with van der Waals surface area (Å²) < 4.78 is 4.96. The maximum Gasteiger partial charge on any atom is 0.328 e. The van der Waals surface area contributed by atoms with E-state index in [9.17, 15) is 4.79 Å². The van der Waals surface area contributed by atoms with Gasteiger partial charge in [-0.15, -0.1) is 0 Å². The van der Waals surface area contributed by atoms with Crippen LogP contribution in [0.4, 0.5) is 0 Å². The Morgan fingerprint density at radius 3 is 2.86 bits per heavy atom. The van der Waals surface area contributed by atoms with Gasteiger partial charge in [0, 0.05) is 6.08 Å². The van der Waals surface area contributed by atoms with Gasteiger partial charge in [0.2, 0.25) is 5.88 Å². The number of hydrogen-bond donors (Lipinski definition) is 1. The summed E-state index contributed by atoms with van der Waals surface area (Å²) in [5, 5.41) is 8.46. The van der Waals surface area contributed by atoms with E-state index >= 15 is 0 Å². The maximum atomic E-state index is 10.3. The van der Waals surface area contributed by atoms with Crippen LogP contribution in [-0.4, -0.2) is 28.2 Å². The molecule has 0 unspecified atom stereocenters. The average molecular weight is 194 g/mol. The van der Waals surface area contributed by atoms with Gasteiger partial charge in [-0.05, 0) is 13.0 Å². The fourth-order valence-electron chi connectivity index (χ4n) is 0.971. The van der Waals surface area contributed by atoms with Crippen LogP contribution in [0, 0.1) is 6.92 Å². The van der Waals surface area contributed by atoms with Crippen molar-refractivity contribution in [1.29, 1.82) is 0 Å². The van der Waals surface area contributed by atoms with E-state index in [1.54, 1.807) is 6.92 Å². The SMILES string of the molecule is COc1ncnc(C)c1/C=C/C(=O)O. The Morgan fingerprint density at radius 2 is 2.29 bits per heavy atom. The fraction of sp³-hybridized carbons (Fsp3) is 0.222. The van der Waals surface area contributed by atoms with Crippen LogP contribution in [0.3, 0.4) is 0 Å². The summed E-state index contributed by atoms with van der Waals surface area (Å²) >= 11 is 0. The van der Waals surface area contributed by atoms with Crippen molar-refractivity contribution >= 4 is 12.0 Å². The lowest BCUT2D eigenvalue weighted by Gasteiger charge is -2.04. The third-order valence-electron chi connectivity index (χ3n) is 1.63. The van der Waals surface area contributed by atoms with Crippen molar-refractivity contribution in [2.75, 3.05) is 7.11 Å². The van der Waals surface area contributed by atoms with Crippen LogP contribution in [0.2, 0.25) is 0 Å². The number of nitrogens with zero attached hydrogens (tertiary/aromatic N) is 2. The molecule has 5 nitrogen and oxygen atoms in total. The van der Waals surface area contributed by atoms with Crippen molar-refractivity contribution < 1.29 is 14.6 Å². The van der Waals surface area contributed by atoms with Gasteiger partial charge in [-0.3, -0.25) is 0 Å². The molecule has 1 aromatic rings. The van der Waals surface area contributed by atoms with E-state index < -0.39 is 5.97 Å². The van der Waals surface area contributed by atoms with Gasteiger partial charge in [0.15, 0.2) is 0 Å². The van der Waals surface area contributed by atoms with Gasteiger partial charge >= 0.3 is 5.97 Å². The summed E-state index contributed by atoms with van der Waals surface area (Å²) in [7, 11) is 1.47. The Labute approximate surface area is 81.1 Å². The Kier molecular flexibility index (Phi) is 3.17. The van der Waals surface area contributed by atoms with Gasteiger partial charge < -0.3 is 9.84 Å². The van der Waals surface area contributed by atoms with Crippen molar-refractivity contribution in [2.45, 2.75) is 6.92 Å². The molecule has 0 saturated heterocycles. The van der Waals surface area contributed by atoms with Gasteiger partial charge in [0.05, 0.1) is 18.4 Å². The Bertz CT molecular complexity index is 374. The number of hydrogen-bond acceptors (Lipinski definition) is 4. The first-order valence-corrected chi connectivity index (χ1v) is 3.91. The minimum atomic E-state index is -1.02. The second-order valence-electron chi connectivity index (χ2n) is 2.55. The van der Waals surface area contributed by atoms with Gasteiger partial charge in [0.25, 0.3) is 0 Å². The zero-order valence-corrected chi connectivity index (χ0v) is 7.89. The highest BCUT2D eigenvalue weighted by Crippen LogP contribution is 2.17. The lowest BCUT2D eigenvalue weighted by Crippen LogP contribution is -1.96. The van der Waals surface area contributed by atoms with Gasteiger partial charge in [-0.25, -0.2) is 14.8 Å². The van der Waals surface area contributed by atoms with Crippen molar-refractivity contribution in [3.05, 3.63) is 23.7 Å². The predicted molar refractivity (Wildman–Crippen MR) is 50.0 cm³/mol. The van der Waals surface area contributed by atoms with E-state index in [0.29, 0.717) is 17.1 Å². The molecular formula is C9H10N2O3. The molecule has 0 aliphatic carbocycles. The number of aliphatic carboxylic acids is 1. The standard InChI is InChI=1S/C9H10N2O3/c1-6-7(3-4-8(12)13)9(14-2)11-5-10-6/h3-5H,1-2H3,(H,12,13)/b4-3+. The first-order chi connectivity index (χ1) is 6.65. The van der Waals surface area contributed by atoms with Crippen LogP contribution in [0.25, 0.3) is 6.08 Å². The summed E-state index contributed by atoms with van der Waals surface area (Å²) in [6.07, 6.45) is 3.80. The van der Waals surface area contributed by atoms with Crippen LogP contribution >= 0.6 is 0 Å². The molecule has 0 spiro atoms. The average Bonchev–Trinajstić information content (AvgIpc) is 2.15. The highest BCUT2D eigenvalue weighted by molar-refractivity contribution is 5.85. The predicted octanol–water partition coefficient (Wildman–Crippen LogP) is 0.891. The summed E-state index contributed by atoms with van der Waals surface area (Å²) in [4.78, 5) is 18.1.